The molecule has 0 fully saturated rings. The third-order valence-electron chi connectivity index (χ3n) is 3.09. The van der Waals surface area contributed by atoms with Crippen LogP contribution < -0.4 is 5.43 Å². The number of hydrazone groups is 1. The van der Waals surface area contributed by atoms with E-state index < -0.39 is 5.91 Å². The normalized spacial score (nSPS) is 10.9. The van der Waals surface area contributed by atoms with Crippen molar-refractivity contribution in [1.82, 2.24) is 10.4 Å². The fourth-order valence-corrected chi connectivity index (χ4v) is 2.23. The summed E-state index contributed by atoms with van der Waals surface area (Å²) in [5, 5.41) is 4.78. The summed E-state index contributed by atoms with van der Waals surface area (Å²) in [6.07, 6.45) is 2.94. The molecule has 0 saturated heterocycles. The number of hydrogen-bond acceptors (Lipinski definition) is 4. The number of aromatic nitrogens is 1. The molecule has 0 aliphatic rings. The van der Waals surface area contributed by atoms with Crippen LogP contribution in [0.1, 0.15) is 16.2 Å². The van der Waals surface area contributed by atoms with Crippen LogP contribution in [0.25, 0.3) is 11.3 Å². The Morgan fingerprint density at radius 3 is 2.75 bits per heavy atom. The third kappa shape index (κ3) is 3.82. The molecule has 1 amide bonds. The average molecular weight is 360 g/mol. The Balaban J connectivity index is 1.67. The Hall–Kier alpha value is -2.63. The highest BCUT2D eigenvalue weighted by molar-refractivity contribution is 6.42. The van der Waals surface area contributed by atoms with Crippen LogP contribution in [-0.2, 0) is 0 Å². The van der Waals surface area contributed by atoms with E-state index in [4.69, 9.17) is 27.6 Å². The largest absolute Gasteiger partial charge is 0.455 e. The zero-order valence-corrected chi connectivity index (χ0v) is 13.8. The minimum atomic E-state index is -0.400. The van der Waals surface area contributed by atoms with Crippen molar-refractivity contribution in [2.45, 2.75) is 0 Å². The minimum Gasteiger partial charge on any atom is -0.455 e. The zero-order chi connectivity index (χ0) is 16.9. The second-order valence-corrected chi connectivity index (χ2v) is 5.56. The van der Waals surface area contributed by atoms with E-state index in [0.717, 1.165) is 5.56 Å². The predicted molar refractivity (Wildman–Crippen MR) is 93.5 cm³/mol. The maximum atomic E-state index is 11.8. The summed E-state index contributed by atoms with van der Waals surface area (Å²) in [6.45, 7) is 0. The van der Waals surface area contributed by atoms with Gasteiger partial charge in [-0.15, -0.1) is 0 Å². The van der Waals surface area contributed by atoms with Gasteiger partial charge in [-0.3, -0.25) is 9.78 Å². The molecule has 1 N–H and O–H groups in total. The zero-order valence-electron chi connectivity index (χ0n) is 12.2. The van der Waals surface area contributed by atoms with Crippen molar-refractivity contribution in [1.29, 1.82) is 0 Å². The lowest BCUT2D eigenvalue weighted by Gasteiger charge is -1.99. The molecule has 0 atom stereocenters. The Morgan fingerprint density at radius 1 is 1.12 bits per heavy atom. The van der Waals surface area contributed by atoms with Gasteiger partial charge in [-0.2, -0.15) is 5.10 Å². The number of nitrogens with one attached hydrogen (secondary N) is 1. The number of hydrogen-bond donors (Lipinski definition) is 1. The first kappa shape index (κ1) is 16.2. The third-order valence-corrected chi connectivity index (χ3v) is 3.83. The van der Waals surface area contributed by atoms with Gasteiger partial charge in [0.25, 0.3) is 5.91 Å². The first-order chi connectivity index (χ1) is 11.6. The van der Waals surface area contributed by atoms with Crippen LogP contribution in [0.4, 0.5) is 0 Å². The second kappa shape index (κ2) is 7.29. The number of amides is 1. The van der Waals surface area contributed by atoms with Crippen LogP contribution in [0.15, 0.2) is 64.2 Å². The van der Waals surface area contributed by atoms with E-state index in [2.05, 4.69) is 15.5 Å². The molecule has 2 aromatic heterocycles. The molecule has 0 bridgehead atoms. The van der Waals surface area contributed by atoms with Gasteiger partial charge in [-0.1, -0.05) is 29.3 Å². The summed E-state index contributed by atoms with van der Waals surface area (Å²) in [5.74, 6) is 0.701. The lowest BCUT2D eigenvalue weighted by atomic mass is 10.2. The molecule has 120 valence electrons. The number of rotatable bonds is 4. The Morgan fingerprint density at radius 2 is 2.00 bits per heavy atom. The van der Waals surface area contributed by atoms with E-state index in [9.17, 15) is 4.79 Å². The van der Waals surface area contributed by atoms with Crippen LogP contribution in [0.3, 0.4) is 0 Å². The highest BCUT2D eigenvalue weighted by Crippen LogP contribution is 2.29. The number of benzene rings is 1. The van der Waals surface area contributed by atoms with E-state index in [0.29, 0.717) is 21.6 Å². The molecule has 1 aromatic carbocycles. The van der Waals surface area contributed by atoms with Gasteiger partial charge >= 0.3 is 0 Å². The number of pyridine rings is 1. The SMILES string of the molecule is O=C(NN=Cc1ccc(-c2ccc(Cl)c(Cl)c2)o1)c1ccccn1. The van der Waals surface area contributed by atoms with Crippen molar-refractivity contribution < 1.29 is 9.21 Å². The molecular formula is C17H11Cl2N3O2. The molecule has 3 aromatic rings. The van der Waals surface area contributed by atoms with Gasteiger partial charge in [-0.05, 0) is 42.5 Å². The van der Waals surface area contributed by atoms with Crippen LogP contribution in [0.5, 0.6) is 0 Å². The first-order valence-electron chi connectivity index (χ1n) is 6.93. The number of furan rings is 1. The molecule has 5 nitrogen and oxygen atoms in total. The van der Waals surface area contributed by atoms with Crippen LogP contribution in [0, 0.1) is 0 Å². The minimum absolute atomic E-state index is 0.283. The fraction of sp³-hybridized carbons (Fsp3) is 0. The van der Waals surface area contributed by atoms with Crippen molar-refractivity contribution >= 4 is 35.3 Å². The van der Waals surface area contributed by atoms with Gasteiger partial charge < -0.3 is 4.42 Å². The number of carbonyl (C=O) groups is 1. The van der Waals surface area contributed by atoms with Crippen molar-refractivity contribution in [2.24, 2.45) is 5.10 Å². The van der Waals surface area contributed by atoms with Gasteiger partial charge in [-0.25, -0.2) is 5.43 Å². The molecule has 3 rings (SSSR count). The van der Waals surface area contributed by atoms with E-state index in [1.165, 1.54) is 12.4 Å². The maximum Gasteiger partial charge on any atom is 0.289 e. The maximum absolute atomic E-state index is 11.8. The van der Waals surface area contributed by atoms with E-state index in [-0.39, 0.29) is 5.69 Å². The lowest BCUT2D eigenvalue weighted by Crippen LogP contribution is -2.18. The standard InChI is InChI=1S/C17H11Cl2N3O2/c18-13-6-4-11(9-14(13)19)16-7-5-12(24-16)10-21-22-17(23)15-3-1-2-8-20-15/h1-10H,(H,22,23). The molecular weight excluding hydrogens is 349 g/mol. The van der Waals surface area contributed by atoms with Crippen molar-refractivity contribution in [3.05, 3.63) is 76.2 Å². The number of halogens is 2. The Kier molecular flexibility index (Phi) is 4.93. The molecule has 7 heteroatoms. The van der Waals surface area contributed by atoms with Crippen LogP contribution in [0.2, 0.25) is 10.0 Å². The number of nitrogens with zero attached hydrogens (tertiary/aromatic N) is 2. The lowest BCUT2D eigenvalue weighted by molar-refractivity contribution is 0.0950. The molecule has 0 aliphatic carbocycles. The van der Waals surface area contributed by atoms with E-state index >= 15 is 0 Å². The van der Waals surface area contributed by atoms with Crippen molar-refractivity contribution in [2.75, 3.05) is 0 Å². The first-order valence-corrected chi connectivity index (χ1v) is 7.69. The van der Waals surface area contributed by atoms with Gasteiger partial charge in [0, 0.05) is 11.8 Å². The van der Waals surface area contributed by atoms with Crippen molar-refractivity contribution in [3.63, 3.8) is 0 Å². The summed E-state index contributed by atoms with van der Waals surface area (Å²) < 4.78 is 5.63. The quantitative estimate of drug-likeness (QED) is 0.554. The highest BCUT2D eigenvalue weighted by Gasteiger charge is 2.07. The molecule has 24 heavy (non-hydrogen) atoms. The van der Waals surface area contributed by atoms with Gasteiger partial charge in [0.2, 0.25) is 0 Å². The van der Waals surface area contributed by atoms with Gasteiger partial charge in [0.1, 0.15) is 17.2 Å². The molecule has 0 saturated carbocycles. The Labute approximate surface area is 147 Å². The smallest absolute Gasteiger partial charge is 0.289 e. The number of carbonyl (C=O) groups excluding carboxylic acids is 1. The van der Waals surface area contributed by atoms with Crippen molar-refractivity contribution in [3.8, 4) is 11.3 Å². The fourth-order valence-electron chi connectivity index (χ4n) is 1.94. The monoisotopic (exact) mass is 359 g/mol. The molecule has 0 unspecified atom stereocenters. The highest BCUT2D eigenvalue weighted by atomic mass is 35.5. The summed E-state index contributed by atoms with van der Waals surface area (Å²) in [7, 11) is 0. The average Bonchev–Trinajstić information content (AvgIpc) is 3.07. The topological polar surface area (TPSA) is 67.5 Å². The van der Waals surface area contributed by atoms with E-state index in [1.54, 1.807) is 48.5 Å². The van der Waals surface area contributed by atoms with Crippen LogP contribution in [-0.4, -0.2) is 17.1 Å². The molecule has 0 aliphatic heterocycles. The second-order valence-electron chi connectivity index (χ2n) is 4.75. The van der Waals surface area contributed by atoms with Gasteiger partial charge in [0.05, 0.1) is 16.3 Å². The van der Waals surface area contributed by atoms with Gasteiger partial charge in [0.15, 0.2) is 0 Å². The predicted octanol–water partition coefficient (Wildman–Crippen LogP) is 4.41. The summed E-state index contributed by atoms with van der Waals surface area (Å²) in [6, 6.07) is 13.8. The molecule has 2 heterocycles. The Bertz CT molecular complexity index is 892. The summed E-state index contributed by atoms with van der Waals surface area (Å²) in [4.78, 5) is 15.7. The molecule has 0 radical (unpaired) electrons. The molecule has 0 spiro atoms. The van der Waals surface area contributed by atoms with Crippen LogP contribution >= 0.6 is 23.2 Å². The van der Waals surface area contributed by atoms with E-state index in [1.807, 2.05) is 0 Å². The summed E-state index contributed by atoms with van der Waals surface area (Å²) in [5.41, 5.74) is 3.46. The summed E-state index contributed by atoms with van der Waals surface area (Å²) >= 11 is 11.9.